The Bertz CT molecular complexity index is 1040. The number of benzene rings is 2. The molecule has 0 radical (unpaired) electrons. The van der Waals surface area contributed by atoms with Crippen molar-refractivity contribution in [3.8, 4) is 11.4 Å². The summed E-state index contributed by atoms with van der Waals surface area (Å²) >= 11 is 0. The van der Waals surface area contributed by atoms with Crippen molar-refractivity contribution < 1.29 is 9.32 Å². The Hall–Kier alpha value is -3.15. The fraction of sp³-hybridized carbons (Fsp3) is 0.375. The Balaban J connectivity index is 1.31. The summed E-state index contributed by atoms with van der Waals surface area (Å²) in [4.78, 5) is 21.5. The highest BCUT2D eigenvalue weighted by Gasteiger charge is 2.23. The Kier molecular flexibility index (Phi) is 5.84. The molecule has 1 aliphatic heterocycles. The molecule has 0 atom stereocenters. The SMILES string of the molecule is Cc1ccccc1-c1noc(CCC(=O)N2CCN(c3cccc(C)c3C)CC2)n1. The lowest BCUT2D eigenvalue weighted by molar-refractivity contribution is -0.131. The van der Waals surface area contributed by atoms with Gasteiger partial charge in [-0.25, -0.2) is 0 Å². The van der Waals surface area contributed by atoms with Gasteiger partial charge in [0.25, 0.3) is 0 Å². The number of carbonyl (C=O) groups is 1. The third-order valence-corrected chi connectivity index (χ3v) is 5.96. The van der Waals surface area contributed by atoms with Gasteiger partial charge in [-0.05, 0) is 43.5 Å². The zero-order chi connectivity index (χ0) is 21.1. The predicted molar refractivity (Wildman–Crippen MR) is 118 cm³/mol. The van der Waals surface area contributed by atoms with Gasteiger partial charge in [0.15, 0.2) is 0 Å². The molecule has 30 heavy (non-hydrogen) atoms. The Morgan fingerprint density at radius 3 is 2.47 bits per heavy atom. The van der Waals surface area contributed by atoms with E-state index in [0.29, 0.717) is 24.6 Å². The molecule has 2 heterocycles. The molecule has 3 aromatic rings. The van der Waals surface area contributed by atoms with Crippen molar-refractivity contribution in [3.05, 3.63) is 65.0 Å². The smallest absolute Gasteiger partial charge is 0.227 e. The molecule has 1 amide bonds. The van der Waals surface area contributed by atoms with Crippen molar-refractivity contribution in [1.82, 2.24) is 15.0 Å². The molecule has 0 N–H and O–H groups in total. The summed E-state index contributed by atoms with van der Waals surface area (Å²) in [5.41, 5.74) is 5.95. The maximum Gasteiger partial charge on any atom is 0.227 e. The van der Waals surface area contributed by atoms with Gasteiger partial charge in [0.1, 0.15) is 0 Å². The van der Waals surface area contributed by atoms with E-state index in [0.717, 1.165) is 37.3 Å². The summed E-state index contributed by atoms with van der Waals surface area (Å²) in [5.74, 6) is 1.24. The van der Waals surface area contributed by atoms with Crippen LogP contribution in [-0.2, 0) is 11.2 Å². The Labute approximate surface area is 177 Å². The number of piperazine rings is 1. The molecule has 6 nitrogen and oxygen atoms in total. The van der Waals surface area contributed by atoms with Gasteiger partial charge in [-0.15, -0.1) is 0 Å². The van der Waals surface area contributed by atoms with Crippen LogP contribution >= 0.6 is 0 Å². The summed E-state index contributed by atoms with van der Waals surface area (Å²) in [6.07, 6.45) is 0.855. The molecule has 0 aliphatic carbocycles. The van der Waals surface area contributed by atoms with Crippen molar-refractivity contribution in [2.45, 2.75) is 33.6 Å². The van der Waals surface area contributed by atoms with E-state index >= 15 is 0 Å². The van der Waals surface area contributed by atoms with E-state index in [9.17, 15) is 4.79 Å². The first-order valence-corrected chi connectivity index (χ1v) is 10.5. The van der Waals surface area contributed by atoms with E-state index in [1.807, 2.05) is 36.1 Å². The number of nitrogens with zero attached hydrogens (tertiary/aromatic N) is 4. The zero-order valence-corrected chi connectivity index (χ0v) is 17.9. The number of anilines is 1. The molecule has 0 bridgehead atoms. The van der Waals surface area contributed by atoms with Crippen molar-refractivity contribution in [3.63, 3.8) is 0 Å². The van der Waals surface area contributed by atoms with Crippen LogP contribution < -0.4 is 4.90 Å². The number of hydrogen-bond acceptors (Lipinski definition) is 5. The number of hydrogen-bond donors (Lipinski definition) is 0. The fourth-order valence-electron chi connectivity index (χ4n) is 3.94. The second kappa shape index (κ2) is 8.69. The Morgan fingerprint density at radius 1 is 0.967 bits per heavy atom. The number of rotatable bonds is 5. The third-order valence-electron chi connectivity index (χ3n) is 5.96. The normalized spacial score (nSPS) is 14.2. The van der Waals surface area contributed by atoms with Crippen molar-refractivity contribution in [2.24, 2.45) is 0 Å². The van der Waals surface area contributed by atoms with Gasteiger partial charge < -0.3 is 14.3 Å². The number of aromatic nitrogens is 2. The van der Waals surface area contributed by atoms with Crippen molar-refractivity contribution in [1.29, 1.82) is 0 Å². The molecule has 0 spiro atoms. The van der Waals surface area contributed by atoms with Crippen molar-refractivity contribution >= 4 is 11.6 Å². The first-order chi connectivity index (χ1) is 14.5. The fourth-order valence-corrected chi connectivity index (χ4v) is 3.94. The summed E-state index contributed by atoms with van der Waals surface area (Å²) in [5, 5.41) is 4.08. The van der Waals surface area contributed by atoms with E-state index in [1.54, 1.807) is 0 Å². The van der Waals surface area contributed by atoms with E-state index < -0.39 is 0 Å². The lowest BCUT2D eigenvalue weighted by Gasteiger charge is -2.37. The summed E-state index contributed by atoms with van der Waals surface area (Å²) in [7, 11) is 0. The van der Waals surface area contributed by atoms with E-state index in [-0.39, 0.29) is 5.91 Å². The van der Waals surface area contributed by atoms with Crippen molar-refractivity contribution in [2.75, 3.05) is 31.1 Å². The molecule has 6 heteroatoms. The molecule has 1 fully saturated rings. The number of aryl methyl sites for hydroxylation is 3. The van der Waals surface area contributed by atoms with Crippen LogP contribution in [-0.4, -0.2) is 47.1 Å². The van der Waals surface area contributed by atoms with Gasteiger partial charge >= 0.3 is 0 Å². The van der Waals surface area contributed by atoms with Gasteiger partial charge in [-0.3, -0.25) is 4.79 Å². The first-order valence-electron chi connectivity index (χ1n) is 10.5. The van der Waals surface area contributed by atoms with E-state index in [4.69, 9.17) is 4.52 Å². The summed E-state index contributed by atoms with van der Waals surface area (Å²) in [6, 6.07) is 14.3. The minimum Gasteiger partial charge on any atom is -0.368 e. The quantitative estimate of drug-likeness (QED) is 0.644. The van der Waals surface area contributed by atoms with Crippen LogP contribution in [0.2, 0.25) is 0 Å². The number of carbonyl (C=O) groups excluding carboxylic acids is 1. The van der Waals surface area contributed by atoms with Crippen LogP contribution in [0.1, 0.15) is 29.0 Å². The molecular weight excluding hydrogens is 376 g/mol. The van der Waals surface area contributed by atoms with E-state index in [2.05, 4.69) is 47.1 Å². The third kappa shape index (κ3) is 4.22. The molecule has 1 saturated heterocycles. The number of amides is 1. The lowest BCUT2D eigenvalue weighted by atomic mass is 10.1. The standard InChI is InChI=1S/C24H28N4O2/c1-17-8-6-10-21(19(17)3)27-13-15-28(16-14-27)23(29)12-11-22-25-24(26-30-22)20-9-5-4-7-18(20)2/h4-10H,11-16H2,1-3H3. The average Bonchev–Trinajstić information content (AvgIpc) is 3.23. The van der Waals surface area contributed by atoms with Crippen LogP contribution in [0.25, 0.3) is 11.4 Å². The molecule has 156 valence electrons. The molecule has 4 rings (SSSR count). The maximum absolute atomic E-state index is 12.7. The minimum absolute atomic E-state index is 0.145. The average molecular weight is 405 g/mol. The largest absolute Gasteiger partial charge is 0.368 e. The minimum atomic E-state index is 0.145. The molecule has 2 aromatic carbocycles. The van der Waals surface area contributed by atoms with Gasteiger partial charge in [0.2, 0.25) is 17.6 Å². The molecule has 1 aliphatic rings. The van der Waals surface area contributed by atoms with Crippen LogP contribution in [0.4, 0.5) is 5.69 Å². The van der Waals surface area contributed by atoms with Crippen LogP contribution in [0.3, 0.4) is 0 Å². The second-order valence-corrected chi connectivity index (χ2v) is 7.91. The first kappa shape index (κ1) is 20.1. The highest BCUT2D eigenvalue weighted by atomic mass is 16.5. The van der Waals surface area contributed by atoms with Gasteiger partial charge in [-0.1, -0.05) is 41.6 Å². The van der Waals surface area contributed by atoms with Crippen LogP contribution in [0.15, 0.2) is 47.0 Å². The molecule has 1 aromatic heterocycles. The monoisotopic (exact) mass is 404 g/mol. The summed E-state index contributed by atoms with van der Waals surface area (Å²) in [6.45, 7) is 9.52. The maximum atomic E-state index is 12.7. The van der Waals surface area contributed by atoms with E-state index in [1.165, 1.54) is 16.8 Å². The van der Waals surface area contributed by atoms with Gasteiger partial charge in [0.05, 0.1) is 0 Å². The molecule has 0 unspecified atom stereocenters. The summed E-state index contributed by atoms with van der Waals surface area (Å²) < 4.78 is 5.37. The molecular formula is C24H28N4O2. The lowest BCUT2D eigenvalue weighted by Crippen LogP contribution is -2.49. The second-order valence-electron chi connectivity index (χ2n) is 7.91. The topological polar surface area (TPSA) is 62.5 Å². The highest BCUT2D eigenvalue weighted by Crippen LogP contribution is 2.24. The van der Waals surface area contributed by atoms with Gasteiger partial charge in [0, 0.05) is 50.3 Å². The Morgan fingerprint density at radius 2 is 1.70 bits per heavy atom. The highest BCUT2D eigenvalue weighted by molar-refractivity contribution is 5.76. The van der Waals surface area contributed by atoms with Gasteiger partial charge in [-0.2, -0.15) is 4.98 Å². The predicted octanol–water partition coefficient (Wildman–Crippen LogP) is 3.94. The molecule has 0 saturated carbocycles. The van der Waals surface area contributed by atoms with Crippen LogP contribution in [0, 0.1) is 20.8 Å². The zero-order valence-electron chi connectivity index (χ0n) is 17.9. The van der Waals surface area contributed by atoms with Crippen LogP contribution in [0.5, 0.6) is 0 Å².